The van der Waals surface area contributed by atoms with E-state index >= 15 is 0 Å². The van der Waals surface area contributed by atoms with Crippen LogP contribution in [0.5, 0.6) is 0 Å². The largest absolute Gasteiger partial charge is 0.368 e. The van der Waals surface area contributed by atoms with Gasteiger partial charge in [-0.3, -0.25) is 19.7 Å². The SMILES string of the molecule is NC(=O)[C@H](Cc1ccc([N+](=O)[O-])cc1)NC(=O)c1ccc(F)cc1F. The Morgan fingerprint density at radius 2 is 1.80 bits per heavy atom. The van der Waals surface area contributed by atoms with Gasteiger partial charge in [-0.25, -0.2) is 8.78 Å². The van der Waals surface area contributed by atoms with Gasteiger partial charge < -0.3 is 11.1 Å². The maximum absolute atomic E-state index is 13.6. The van der Waals surface area contributed by atoms with Gasteiger partial charge >= 0.3 is 0 Å². The molecule has 2 aromatic rings. The third kappa shape index (κ3) is 4.56. The van der Waals surface area contributed by atoms with Crippen LogP contribution < -0.4 is 11.1 Å². The van der Waals surface area contributed by atoms with Crippen molar-refractivity contribution in [3.63, 3.8) is 0 Å². The van der Waals surface area contributed by atoms with Crippen molar-refractivity contribution in [3.05, 3.63) is 75.3 Å². The Bertz CT molecular complexity index is 825. The lowest BCUT2D eigenvalue weighted by Gasteiger charge is -2.16. The number of halogens is 2. The molecular weight excluding hydrogens is 336 g/mol. The summed E-state index contributed by atoms with van der Waals surface area (Å²) in [5, 5.41) is 12.9. The number of primary amides is 1. The number of hydrogen-bond donors (Lipinski definition) is 2. The van der Waals surface area contributed by atoms with Crippen LogP contribution in [-0.2, 0) is 11.2 Å². The number of carbonyl (C=O) groups is 2. The summed E-state index contributed by atoms with van der Waals surface area (Å²) in [6.45, 7) is 0. The second kappa shape index (κ2) is 7.47. The smallest absolute Gasteiger partial charge is 0.269 e. The monoisotopic (exact) mass is 349 g/mol. The summed E-state index contributed by atoms with van der Waals surface area (Å²) in [4.78, 5) is 33.6. The van der Waals surface area contributed by atoms with Crippen molar-refractivity contribution in [2.45, 2.75) is 12.5 Å². The van der Waals surface area contributed by atoms with E-state index in [9.17, 15) is 28.5 Å². The van der Waals surface area contributed by atoms with Crippen molar-refractivity contribution in [2.24, 2.45) is 5.73 Å². The molecule has 0 fully saturated rings. The minimum atomic E-state index is -1.17. The highest BCUT2D eigenvalue weighted by Gasteiger charge is 2.21. The van der Waals surface area contributed by atoms with Gasteiger partial charge in [-0.05, 0) is 17.7 Å². The molecule has 130 valence electrons. The van der Waals surface area contributed by atoms with E-state index in [1.165, 1.54) is 24.3 Å². The average Bonchev–Trinajstić information content (AvgIpc) is 2.54. The van der Waals surface area contributed by atoms with Crippen LogP contribution in [0.4, 0.5) is 14.5 Å². The quantitative estimate of drug-likeness (QED) is 0.610. The Hall–Kier alpha value is -3.36. The first-order chi connectivity index (χ1) is 11.8. The number of nitro groups is 1. The normalized spacial score (nSPS) is 11.6. The van der Waals surface area contributed by atoms with E-state index in [0.29, 0.717) is 11.6 Å². The molecule has 0 unspecified atom stereocenters. The van der Waals surface area contributed by atoms with Crippen molar-refractivity contribution >= 4 is 17.5 Å². The Morgan fingerprint density at radius 1 is 1.16 bits per heavy atom. The van der Waals surface area contributed by atoms with Crippen LogP contribution in [0, 0.1) is 21.7 Å². The van der Waals surface area contributed by atoms with Crippen molar-refractivity contribution in [1.82, 2.24) is 5.32 Å². The summed E-state index contributed by atoms with van der Waals surface area (Å²) in [7, 11) is 0. The molecule has 0 aliphatic rings. The molecule has 0 saturated heterocycles. The Balaban J connectivity index is 2.14. The highest BCUT2D eigenvalue weighted by molar-refractivity contribution is 5.97. The fraction of sp³-hybridized carbons (Fsp3) is 0.125. The molecule has 2 rings (SSSR count). The highest BCUT2D eigenvalue weighted by Crippen LogP contribution is 2.14. The fourth-order valence-electron chi connectivity index (χ4n) is 2.12. The molecule has 0 aliphatic heterocycles. The molecule has 0 saturated carbocycles. The molecule has 25 heavy (non-hydrogen) atoms. The molecule has 0 aliphatic carbocycles. The lowest BCUT2D eigenvalue weighted by Crippen LogP contribution is -2.46. The molecule has 0 spiro atoms. The van der Waals surface area contributed by atoms with E-state index in [1.807, 2.05) is 0 Å². The zero-order valence-corrected chi connectivity index (χ0v) is 12.7. The number of benzene rings is 2. The lowest BCUT2D eigenvalue weighted by molar-refractivity contribution is -0.384. The third-order valence-electron chi connectivity index (χ3n) is 3.41. The molecule has 2 aromatic carbocycles. The minimum Gasteiger partial charge on any atom is -0.368 e. The van der Waals surface area contributed by atoms with E-state index in [1.54, 1.807) is 0 Å². The lowest BCUT2D eigenvalue weighted by atomic mass is 10.0. The third-order valence-corrected chi connectivity index (χ3v) is 3.41. The molecular formula is C16H13F2N3O4. The standard InChI is InChI=1S/C16H13F2N3O4/c17-10-3-6-12(13(18)8-10)16(23)20-14(15(19)22)7-9-1-4-11(5-2-9)21(24)25/h1-6,8,14H,7H2,(H2,19,22)(H,20,23)/t14-/m0/s1. The number of hydrogen-bond acceptors (Lipinski definition) is 4. The average molecular weight is 349 g/mol. The summed E-state index contributed by atoms with van der Waals surface area (Å²) in [6, 6.07) is 6.56. The zero-order chi connectivity index (χ0) is 18.6. The Morgan fingerprint density at radius 3 is 2.32 bits per heavy atom. The van der Waals surface area contributed by atoms with Crippen LogP contribution in [0.1, 0.15) is 15.9 Å². The molecule has 9 heteroatoms. The predicted octanol–water partition coefficient (Wildman–Crippen LogP) is 1.70. The van der Waals surface area contributed by atoms with Gasteiger partial charge in [-0.15, -0.1) is 0 Å². The number of nitrogens with one attached hydrogen (secondary N) is 1. The number of nitrogens with zero attached hydrogens (tertiary/aromatic N) is 1. The predicted molar refractivity (Wildman–Crippen MR) is 83.6 cm³/mol. The van der Waals surface area contributed by atoms with Crippen LogP contribution in [0.3, 0.4) is 0 Å². The fourth-order valence-corrected chi connectivity index (χ4v) is 2.12. The highest BCUT2D eigenvalue weighted by atomic mass is 19.1. The maximum atomic E-state index is 13.6. The summed E-state index contributed by atoms with van der Waals surface area (Å²) in [6.07, 6.45) is -0.0398. The van der Waals surface area contributed by atoms with Crippen LogP contribution >= 0.6 is 0 Å². The topological polar surface area (TPSA) is 115 Å². The van der Waals surface area contributed by atoms with Gasteiger partial charge in [0.15, 0.2) is 0 Å². The van der Waals surface area contributed by atoms with Gasteiger partial charge in [0.2, 0.25) is 5.91 Å². The molecule has 2 amide bonds. The number of rotatable bonds is 6. The second-order valence-electron chi connectivity index (χ2n) is 5.18. The van der Waals surface area contributed by atoms with Crippen LogP contribution in [0.2, 0.25) is 0 Å². The maximum Gasteiger partial charge on any atom is 0.269 e. The van der Waals surface area contributed by atoms with Gasteiger partial charge in [-0.1, -0.05) is 12.1 Å². The minimum absolute atomic E-state index is 0.0398. The first-order valence-corrected chi connectivity index (χ1v) is 7.06. The first-order valence-electron chi connectivity index (χ1n) is 7.06. The Labute approximate surface area is 140 Å². The van der Waals surface area contributed by atoms with Gasteiger partial charge in [0.1, 0.15) is 17.7 Å². The molecule has 0 radical (unpaired) electrons. The summed E-state index contributed by atoms with van der Waals surface area (Å²) < 4.78 is 26.5. The number of non-ortho nitro benzene ring substituents is 1. The second-order valence-corrected chi connectivity index (χ2v) is 5.18. The van der Waals surface area contributed by atoms with E-state index in [-0.39, 0.29) is 12.1 Å². The number of carbonyl (C=O) groups excluding carboxylic acids is 2. The molecule has 0 aromatic heterocycles. The van der Waals surface area contributed by atoms with Crippen molar-refractivity contribution in [2.75, 3.05) is 0 Å². The van der Waals surface area contributed by atoms with Gasteiger partial charge in [0.05, 0.1) is 10.5 Å². The molecule has 3 N–H and O–H groups in total. The van der Waals surface area contributed by atoms with Gasteiger partial charge in [0, 0.05) is 24.6 Å². The van der Waals surface area contributed by atoms with E-state index in [2.05, 4.69) is 5.32 Å². The van der Waals surface area contributed by atoms with E-state index in [4.69, 9.17) is 5.73 Å². The van der Waals surface area contributed by atoms with Crippen LogP contribution in [0.15, 0.2) is 42.5 Å². The van der Waals surface area contributed by atoms with Crippen LogP contribution in [0.25, 0.3) is 0 Å². The number of nitro benzene ring substituents is 1. The van der Waals surface area contributed by atoms with E-state index < -0.39 is 40.0 Å². The number of amides is 2. The molecule has 0 bridgehead atoms. The van der Waals surface area contributed by atoms with Crippen molar-refractivity contribution in [1.29, 1.82) is 0 Å². The summed E-state index contributed by atoms with van der Waals surface area (Å²) >= 11 is 0. The van der Waals surface area contributed by atoms with Crippen molar-refractivity contribution < 1.29 is 23.3 Å². The summed E-state index contributed by atoms with van der Waals surface area (Å²) in [5.74, 6) is -3.71. The van der Waals surface area contributed by atoms with Gasteiger partial charge in [0.25, 0.3) is 11.6 Å². The molecule has 1 atom stereocenters. The van der Waals surface area contributed by atoms with Crippen LogP contribution in [-0.4, -0.2) is 22.8 Å². The summed E-state index contributed by atoms with van der Waals surface area (Å²) in [5.41, 5.74) is 5.18. The van der Waals surface area contributed by atoms with Crippen molar-refractivity contribution in [3.8, 4) is 0 Å². The first kappa shape index (κ1) is 18.0. The number of nitrogens with two attached hydrogens (primary N) is 1. The molecule has 7 nitrogen and oxygen atoms in total. The molecule has 0 heterocycles. The van der Waals surface area contributed by atoms with Gasteiger partial charge in [-0.2, -0.15) is 0 Å². The van der Waals surface area contributed by atoms with E-state index in [0.717, 1.165) is 12.1 Å². The Kier molecular flexibility index (Phi) is 5.38. The zero-order valence-electron chi connectivity index (χ0n) is 12.7.